The average molecular weight is 970 g/mol. The Morgan fingerprint density at radius 1 is 0.925 bits per heavy atom. The fourth-order valence-corrected chi connectivity index (χ4v) is 8.82. The third-order valence-corrected chi connectivity index (χ3v) is 13.1. The number of benzene rings is 4. The third kappa shape index (κ3) is 17.1. The highest BCUT2D eigenvalue weighted by Crippen LogP contribution is 2.33. The number of carbonyl (C=O) groups is 1. The molecule has 4 aromatic rings. The Morgan fingerprint density at radius 3 is 2.16 bits per heavy atom. The molecule has 0 spiro atoms. The second kappa shape index (κ2) is 28.3. The Hall–Kier alpha value is -5.87. The van der Waals surface area contributed by atoms with Gasteiger partial charge in [-0.3, -0.25) is 15.1 Å². The van der Waals surface area contributed by atoms with Gasteiger partial charge in [-0.25, -0.2) is 9.00 Å². The van der Waals surface area contributed by atoms with Crippen LogP contribution in [0, 0.1) is 10.1 Å². The van der Waals surface area contributed by atoms with Crippen LogP contribution in [0.3, 0.4) is 0 Å². The topological polar surface area (TPSA) is 147 Å². The molecule has 13 nitrogen and oxygen atoms in total. The molecule has 4 aromatic carbocycles. The number of carboxylic acid groups (broad SMARTS) is 1. The number of hydrogen-bond donors (Lipinski definition) is 3. The summed E-state index contributed by atoms with van der Waals surface area (Å²) in [6.45, 7) is 12.8. The lowest BCUT2D eigenvalue weighted by Gasteiger charge is -2.37. The molecule has 2 aliphatic rings. The van der Waals surface area contributed by atoms with Gasteiger partial charge in [-0.05, 0) is 110 Å². The van der Waals surface area contributed by atoms with Crippen molar-refractivity contribution in [3.05, 3.63) is 171 Å². The van der Waals surface area contributed by atoms with Crippen molar-refractivity contribution in [1.82, 2.24) is 15.2 Å². The van der Waals surface area contributed by atoms with Gasteiger partial charge in [0, 0.05) is 91.4 Å². The minimum Gasteiger partial charge on any atom is -0.477 e. The van der Waals surface area contributed by atoms with Crippen LogP contribution in [0.1, 0.15) is 51.7 Å². The summed E-state index contributed by atoms with van der Waals surface area (Å²) in [5, 5.41) is 30.9. The molecule has 0 amide bonds. The molecule has 1 fully saturated rings. The first-order valence-corrected chi connectivity index (χ1v) is 25.1. The van der Waals surface area contributed by atoms with E-state index in [4.69, 9.17) is 11.6 Å². The summed E-state index contributed by atoms with van der Waals surface area (Å²) < 4.78 is 16.6. The number of piperazine rings is 1. The molecule has 0 bridgehead atoms. The molecule has 6 rings (SSSR count). The molecular weight excluding hydrogens is 904 g/mol. The van der Waals surface area contributed by atoms with Gasteiger partial charge >= 0.3 is 5.97 Å². The summed E-state index contributed by atoms with van der Waals surface area (Å²) in [4.78, 5) is 31.6. The van der Waals surface area contributed by atoms with E-state index < -0.39 is 27.1 Å². The number of allylic oxidation sites excluding steroid dienone is 4. The van der Waals surface area contributed by atoms with E-state index in [0.717, 1.165) is 73.2 Å². The molecule has 2 unspecified atom stereocenters. The first kappa shape index (κ1) is 53.7. The van der Waals surface area contributed by atoms with Gasteiger partial charge in [-0.15, -0.1) is 11.8 Å². The van der Waals surface area contributed by atoms with E-state index >= 15 is 0 Å². The summed E-state index contributed by atoms with van der Waals surface area (Å²) in [5.74, 6) is -0.142. The number of nitro groups is 1. The van der Waals surface area contributed by atoms with Crippen LogP contribution >= 0.6 is 23.4 Å². The lowest BCUT2D eigenvalue weighted by atomic mass is 9.93. The fourth-order valence-electron chi connectivity index (χ4n) is 6.87. The van der Waals surface area contributed by atoms with E-state index in [1.807, 2.05) is 86.8 Å². The second-order valence-electron chi connectivity index (χ2n) is 15.3. The van der Waals surface area contributed by atoms with Crippen molar-refractivity contribution >= 4 is 68.7 Å². The third-order valence-electron chi connectivity index (χ3n) is 10.6. The van der Waals surface area contributed by atoms with Crippen molar-refractivity contribution in [2.45, 2.75) is 50.7 Å². The Morgan fingerprint density at radius 2 is 1.57 bits per heavy atom. The second-order valence-corrected chi connectivity index (χ2v) is 18.3. The zero-order valence-electron chi connectivity index (χ0n) is 39.6. The average Bonchev–Trinajstić information content (AvgIpc) is 3.34. The van der Waals surface area contributed by atoms with Crippen LogP contribution in [0.4, 0.5) is 17.1 Å². The van der Waals surface area contributed by atoms with E-state index in [2.05, 4.69) is 75.1 Å². The molecule has 0 aliphatic carbocycles. The first-order chi connectivity index (χ1) is 32.4. The van der Waals surface area contributed by atoms with Crippen molar-refractivity contribution in [2.24, 2.45) is 5.10 Å². The molecule has 358 valence electrons. The van der Waals surface area contributed by atoms with Gasteiger partial charge in [0.05, 0.1) is 15.9 Å². The van der Waals surface area contributed by atoms with Crippen LogP contribution in [0.2, 0.25) is 5.02 Å². The Kier molecular flexibility index (Phi) is 22.7. The van der Waals surface area contributed by atoms with E-state index in [0.29, 0.717) is 22.7 Å². The SMILES string of the molecule is CC.CC/C(=C\C(C=C/C=C/NCCSc1ccccc1)S(=O)Nc1ccc(N2CCN(c3cccc(C4=C(C(=O)O)N(C)N=C(c5ccc(Cl)cc5)C4)c3)CC2)cc1)[N+](=O)[O-].CCN(C)C. The number of nitrogens with one attached hydrogen (secondary N) is 2. The number of hydrazone groups is 1. The molecule has 1 saturated heterocycles. The number of carboxylic acids is 1. The molecular formula is C51H65ClN8O5S2. The fraction of sp³-hybridized carbons (Fsp3) is 0.333. The molecule has 0 saturated carbocycles. The number of hydrogen-bond acceptors (Lipinski definition) is 11. The summed E-state index contributed by atoms with van der Waals surface area (Å²) in [7, 11) is 4.08. The van der Waals surface area contributed by atoms with Crippen LogP contribution in [0.5, 0.6) is 0 Å². The van der Waals surface area contributed by atoms with Crippen LogP contribution in [0.25, 0.3) is 5.57 Å². The highest BCUT2D eigenvalue weighted by molar-refractivity contribution is 7.99. The van der Waals surface area contributed by atoms with Crippen molar-refractivity contribution < 1.29 is 19.0 Å². The lowest BCUT2D eigenvalue weighted by molar-refractivity contribution is -0.427. The van der Waals surface area contributed by atoms with Crippen LogP contribution < -0.4 is 19.8 Å². The van der Waals surface area contributed by atoms with E-state index in [1.165, 1.54) is 16.0 Å². The van der Waals surface area contributed by atoms with Gasteiger partial charge in [-0.1, -0.05) is 93.9 Å². The molecule has 3 N–H and O–H groups in total. The molecule has 2 heterocycles. The van der Waals surface area contributed by atoms with E-state index in [1.54, 1.807) is 56.1 Å². The number of rotatable bonds is 19. The smallest absolute Gasteiger partial charge is 0.354 e. The van der Waals surface area contributed by atoms with Gasteiger partial charge in [0.25, 0.3) is 0 Å². The molecule has 2 aliphatic heterocycles. The Balaban J connectivity index is 0.00000131. The van der Waals surface area contributed by atoms with Gasteiger partial charge < -0.3 is 29.8 Å². The van der Waals surface area contributed by atoms with Gasteiger partial charge in [0.2, 0.25) is 5.70 Å². The van der Waals surface area contributed by atoms with Crippen molar-refractivity contribution in [3.8, 4) is 0 Å². The van der Waals surface area contributed by atoms with Crippen LogP contribution in [0.15, 0.2) is 155 Å². The predicted molar refractivity (Wildman–Crippen MR) is 282 cm³/mol. The monoisotopic (exact) mass is 968 g/mol. The number of halogens is 1. The minimum atomic E-state index is -1.69. The summed E-state index contributed by atoms with van der Waals surface area (Å²) in [6, 6.07) is 33.3. The highest BCUT2D eigenvalue weighted by Gasteiger charge is 2.28. The molecule has 16 heteroatoms. The van der Waals surface area contributed by atoms with Crippen molar-refractivity contribution in [1.29, 1.82) is 0 Å². The minimum absolute atomic E-state index is 0.00231. The Bertz CT molecular complexity index is 2370. The number of anilines is 3. The molecule has 0 aromatic heterocycles. The maximum atomic E-state index is 13.5. The van der Waals surface area contributed by atoms with Gasteiger partial charge in [0.1, 0.15) is 16.7 Å². The van der Waals surface area contributed by atoms with Crippen molar-refractivity contribution in [3.63, 3.8) is 0 Å². The largest absolute Gasteiger partial charge is 0.477 e. The highest BCUT2D eigenvalue weighted by atomic mass is 35.5. The normalized spacial score (nSPS) is 15.1. The zero-order chi connectivity index (χ0) is 48.7. The summed E-state index contributed by atoms with van der Waals surface area (Å²) >= 11 is 7.88. The lowest BCUT2D eigenvalue weighted by Crippen LogP contribution is -2.46. The molecule has 2 atom stereocenters. The number of nitrogens with zero attached hydrogens (tertiary/aromatic N) is 6. The number of aliphatic carboxylic acids is 1. The number of likely N-dealkylation sites (N-methyl/N-ethyl adjacent to an activating group) is 1. The quantitative estimate of drug-likeness (QED) is 0.0271. The maximum absolute atomic E-state index is 13.5. The molecule has 67 heavy (non-hydrogen) atoms. The molecule has 0 radical (unpaired) electrons. The summed E-state index contributed by atoms with van der Waals surface area (Å²) in [6.07, 6.45) is 9.07. The van der Waals surface area contributed by atoms with Crippen LogP contribution in [-0.4, -0.2) is 107 Å². The predicted octanol–water partition coefficient (Wildman–Crippen LogP) is 10.3. The zero-order valence-corrected chi connectivity index (χ0v) is 42.0. The van der Waals surface area contributed by atoms with Crippen LogP contribution in [-0.2, 0) is 15.8 Å². The van der Waals surface area contributed by atoms with Gasteiger partial charge in [-0.2, -0.15) is 5.10 Å². The van der Waals surface area contributed by atoms with Crippen molar-refractivity contribution in [2.75, 3.05) is 80.7 Å². The van der Waals surface area contributed by atoms with Gasteiger partial charge in [0.15, 0.2) is 0 Å². The Labute approximate surface area is 408 Å². The summed E-state index contributed by atoms with van der Waals surface area (Å²) in [5.41, 5.74) is 5.98. The number of thioether (sulfide) groups is 1. The van der Waals surface area contributed by atoms with E-state index in [9.17, 15) is 24.2 Å². The standard InChI is InChI=1S/C45H48ClN7O5S2.C4H11N.C2H6/c1-3-37(53(56)57)31-41(14-7-8-23-47-24-29-59-40-12-5-4-6-13-40)60(58)49-36-19-21-38(22-20-36)51-25-27-52(28-26-51)39-11-9-10-34(30-39)42-32-43(33-15-17-35(46)18-16-33)48-50(2)44(42)45(54)55;1-4-5(2)3;1-2/h4-23,30-31,41,47,49H,3,24-29,32H2,1-2H3,(H,54,55);4H2,1-3H3;1-2H3/b14-7?,23-8+,37-31+;;. The maximum Gasteiger partial charge on any atom is 0.354 e. The first-order valence-electron chi connectivity index (χ1n) is 22.5. The van der Waals surface area contributed by atoms with E-state index in [-0.39, 0.29) is 17.8 Å².